The average Bonchev–Trinajstić information content (AvgIpc) is 2.48. The molecule has 1 fully saturated rings. The first kappa shape index (κ1) is 16.3. The van der Waals surface area contributed by atoms with Gasteiger partial charge in [0.25, 0.3) is 0 Å². The third kappa shape index (κ3) is 5.29. The molecule has 1 aromatic rings. The quantitative estimate of drug-likeness (QED) is 0.584. The molecule has 1 saturated carbocycles. The molecule has 1 nitrogen and oxygen atoms in total. The van der Waals surface area contributed by atoms with E-state index in [1.807, 2.05) is 0 Å². The van der Waals surface area contributed by atoms with Gasteiger partial charge in [-0.3, -0.25) is 0 Å². The Kier molecular flexibility index (Phi) is 6.47. The molecule has 0 amide bonds. The summed E-state index contributed by atoms with van der Waals surface area (Å²) in [5, 5.41) is 0. The Morgan fingerprint density at radius 2 is 1.76 bits per heavy atom. The number of hydrogen-bond donors (Lipinski definition) is 0. The lowest BCUT2D eigenvalue weighted by molar-refractivity contribution is 0.173. The molecule has 1 aromatic carbocycles. The number of benzene rings is 1. The van der Waals surface area contributed by atoms with E-state index >= 15 is 0 Å². The van der Waals surface area contributed by atoms with Crippen LogP contribution >= 0.6 is 0 Å². The van der Waals surface area contributed by atoms with Crippen LogP contribution in [0.4, 0.5) is 8.78 Å². The van der Waals surface area contributed by atoms with Crippen LogP contribution in [-0.2, 0) is 0 Å². The predicted molar refractivity (Wildman–Crippen MR) is 81.4 cm³/mol. The highest BCUT2D eigenvalue weighted by Crippen LogP contribution is 2.32. The summed E-state index contributed by atoms with van der Waals surface area (Å²) in [6, 6.07) is 3.49. The summed E-state index contributed by atoms with van der Waals surface area (Å²) in [4.78, 5) is 0. The Labute approximate surface area is 126 Å². The molecule has 0 radical (unpaired) electrons. The maximum atomic E-state index is 13.5. The molecule has 0 N–H and O–H groups in total. The molecule has 0 unspecified atom stereocenters. The van der Waals surface area contributed by atoms with Gasteiger partial charge in [-0.15, -0.1) is 0 Å². The van der Waals surface area contributed by atoms with Gasteiger partial charge < -0.3 is 4.74 Å². The Balaban J connectivity index is 1.69. The topological polar surface area (TPSA) is 9.23 Å². The maximum absolute atomic E-state index is 13.5. The van der Waals surface area contributed by atoms with Gasteiger partial charge in [0, 0.05) is 6.07 Å². The van der Waals surface area contributed by atoms with Crippen LogP contribution in [0, 0.1) is 23.5 Å². The van der Waals surface area contributed by atoms with Crippen LogP contribution in [0.1, 0.15) is 58.3 Å². The first-order chi connectivity index (χ1) is 10.2. The van der Waals surface area contributed by atoms with Crippen LogP contribution in [0.15, 0.2) is 18.2 Å². The van der Waals surface area contributed by atoms with Crippen molar-refractivity contribution in [2.24, 2.45) is 11.8 Å². The largest absolute Gasteiger partial charge is 0.490 e. The molecule has 2 rings (SSSR count). The molecule has 0 aromatic heterocycles. The van der Waals surface area contributed by atoms with Crippen LogP contribution in [0.3, 0.4) is 0 Å². The van der Waals surface area contributed by atoms with Crippen molar-refractivity contribution < 1.29 is 13.5 Å². The standard InChI is InChI=1S/C18H26F2O/c1-2-3-4-5-14-6-8-15(9-7-14)13-21-18-11-10-16(19)12-17(18)20/h10-12,14-15H,2-9,13H2,1H3/t14-,15-. The second-order valence-electron chi connectivity index (χ2n) is 6.27. The third-order valence-corrected chi connectivity index (χ3v) is 4.55. The molecule has 0 spiro atoms. The first-order valence-electron chi connectivity index (χ1n) is 8.27. The van der Waals surface area contributed by atoms with Gasteiger partial charge >= 0.3 is 0 Å². The van der Waals surface area contributed by atoms with E-state index in [0.29, 0.717) is 12.5 Å². The van der Waals surface area contributed by atoms with Crippen molar-refractivity contribution in [3.63, 3.8) is 0 Å². The zero-order chi connectivity index (χ0) is 15.1. The van der Waals surface area contributed by atoms with Crippen LogP contribution in [-0.4, -0.2) is 6.61 Å². The fourth-order valence-corrected chi connectivity index (χ4v) is 3.17. The molecule has 3 heteroatoms. The Morgan fingerprint density at radius 3 is 2.43 bits per heavy atom. The minimum atomic E-state index is -0.608. The van der Waals surface area contributed by atoms with Gasteiger partial charge in [-0.05, 0) is 36.8 Å². The normalized spacial score (nSPS) is 22.2. The number of hydrogen-bond acceptors (Lipinski definition) is 1. The van der Waals surface area contributed by atoms with Gasteiger partial charge in [0.15, 0.2) is 11.6 Å². The fraction of sp³-hybridized carbons (Fsp3) is 0.667. The van der Waals surface area contributed by atoms with Gasteiger partial charge in [0.1, 0.15) is 5.82 Å². The SMILES string of the molecule is CCCCC[C@H]1CC[C@H](COc2ccc(F)cc2F)CC1. The van der Waals surface area contributed by atoms with E-state index in [0.717, 1.165) is 12.0 Å². The van der Waals surface area contributed by atoms with Crippen molar-refractivity contribution in [2.75, 3.05) is 6.61 Å². The van der Waals surface area contributed by atoms with Crippen LogP contribution < -0.4 is 4.74 Å². The lowest BCUT2D eigenvalue weighted by Gasteiger charge is -2.28. The van der Waals surface area contributed by atoms with Crippen molar-refractivity contribution in [3.05, 3.63) is 29.8 Å². The van der Waals surface area contributed by atoms with Crippen molar-refractivity contribution in [3.8, 4) is 5.75 Å². The molecule has 0 saturated heterocycles. The van der Waals surface area contributed by atoms with E-state index in [-0.39, 0.29) is 5.75 Å². The Hall–Kier alpha value is -1.12. The van der Waals surface area contributed by atoms with Crippen molar-refractivity contribution >= 4 is 0 Å². The minimum Gasteiger partial charge on any atom is -0.490 e. The summed E-state index contributed by atoms with van der Waals surface area (Å²) in [5.74, 6) is 0.379. The summed E-state index contributed by atoms with van der Waals surface area (Å²) in [5.41, 5.74) is 0. The molecule has 118 valence electrons. The molecule has 0 aliphatic heterocycles. The van der Waals surface area contributed by atoms with Crippen LogP contribution in [0.25, 0.3) is 0 Å². The van der Waals surface area contributed by atoms with Crippen molar-refractivity contribution in [2.45, 2.75) is 58.3 Å². The second kappa shape index (κ2) is 8.35. The van der Waals surface area contributed by atoms with Crippen molar-refractivity contribution in [1.82, 2.24) is 0 Å². The van der Waals surface area contributed by atoms with Gasteiger partial charge in [-0.1, -0.05) is 45.4 Å². The summed E-state index contributed by atoms with van der Waals surface area (Å²) < 4.78 is 31.8. The molecule has 0 heterocycles. The highest BCUT2D eigenvalue weighted by Gasteiger charge is 2.21. The molecule has 0 atom stereocenters. The number of rotatable bonds is 7. The smallest absolute Gasteiger partial charge is 0.167 e. The lowest BCUT2D eigenvalue weighted by Crippen LogP contribution is -2.20. The van der Waals surface area contributed by atoms with E-state index in [4.69, 9.17) is 4.74 Å². The van der Waals surface area contributed by atoms with E-state index in [9.17, 15) is 8.78 Å². The average molecular weight is 296 g/mol. The summed E-state index contributed by atoms with van der Waals surface area (Å²) in [6.07, 6.45) is 10.2. The monoisotopic (exact) mass is 296 g/mol. The Morgan fingerprint density at radius 1 is 1.05 bits per heavy atom. The molecule has 0 bridgehead atoms. The number of ether oxygens (including phenoxy) is 1. The summed E-state index contributed by atoms with van der Waals surface area (Å²) in [6.45, 7) is 2.78. The van der Waals surface area contributed by atoms with Gasteiger partial charge in [0.05, 0.1) is 6.61 Å². The lowest BCUT2D eigenvalue weighted by atomic mass is 9.80. The zero-order valence-electron chi connectivity index (χ0n) is 12.9. The van der Waals surface area contributed by atoms with E-state index < -0.39 is 11.6 Å². The zero-order valence-corrected chi connectivity index (χ0v) is 12.9. The number of halogens is 2. The minimum absolute atomic E-state index is 0.168. The number of unbranched alkanes of at least 4 members (excludes halogenated alkanes) is 2. The first-order valence-corrected chi connectivity index (χ1v) is 8.27. The molecule has 1 aliphatic rings. The summed E-state index contributed by atoms with van der Waals surface area (Å²) in [7, 11) is 0. The van der Waals surface area contributed by atoms with Crippen LogP contribution in [0.2, 0.25) is 0 Å². The molecule has 21 heavy (non-hydrogen) atoms. The van der Waals surface area contributed by atoms with Gasteiger partial charge in [-0.25, -0.2) is 8.78 Å². The summed E-state index contributed by atoms with van der Waals surface area (Å²) >= 11 is 0. The predicted octanol–water partition coefficient (Wildman–Crippen LogP) is 5.73. The molecule has 1 aliphatic carbocycles. The van der Waals surface area contributed by atoms with Gasteiger partial charge in [-0.2, -0.15) is 0 Å². The van der Waals surface area contributed by atoms with Gasteiger partial charge in [0.2, 0.25) is 0 Å². The molecular formula is C18H26F2O. The maximum Gasteiger partial charge on any atom is 0.167 e. The highest BCUT2D eigenvalue weighted by atomic mass is 19.1. The highest BCUT2D eigenvalue weighted by molar-refractivity contribution is 5.24. The van der Waals surface area contributed by atoms with Crippen molar-refractivity contribution in [1.29, 1.82) is 0 Å². The third-order valence-electron chi connectivity index (χ3n) is 4.55. The van der Waals surface area contributed by atoms with E-state index in [1.165, 1.54) is 63.5 Å². The van der Waals surface area contributed by atoms with E-state index in [1.54, 1.807) is 0 Å². The molecular weight excluding hydrogens is 270 g/mol. The van der Waals surface area contributed by atoms with Crippen LogP contribution in [0.5, 0.6) is 5.75 Å². The van der Waals surface area contributed by atoms with E-state index in [2.05, 4.69) is 6.92 Å². The fourth-order valence-electron chi connectivity index (χ4n) is 3.17. The Bertz CT molecular complexity index is 425. The second-order valence-corrected chi connectivity index (χ2v) is 6.27.